The molecule has 2 nitrogen and oxygen atoms in total. The van der Waals surface area contributed by atoms with Crippen LogP contribution in [-0.4, -0.2) is 11.6 Å². The van der Waals surface area contributed by atoms with Crippen LogP contribution in [0.2, 0.25) is 0 Å². The summed E-state index contributed by atoms with van der Waals surface area (Å²) in [6, 6.07) is 21.2. The van der Waals surface area contributed by atoms with Crippen molar-refractivity contribution >= 4 is 32.9 Å². The monoisotopic (exact) mass is 421 g/mol. The molecule has 4 rings (SSSR count). The molecular weight excluding hydrogens is 394 g/mol. The molecule has 0 amide bonds. The van der Waals surface area contributed by atoms with E-state index in [1.807, 2.05) is 0 Å². The summed E-state index contributed by atoms with van der Waals surface area (Å²) in [7, 11) is 0. The summed E-state index contributed by atoms with van der Waals surface area (Å²) in [4.78, 5) is 7.36. The van der Waals surface area contributed by atoms with Gasteiger partial charge in [-0.05, 0) is 48.2 Å². The number of nitrogens with zero attached hydrogens (tertiary/aromatic N) is 1. The van der Waals surface area contributed by atoms with Crippen LogP contribution in [0, 0.1) is 5.92 Å². The Morgan fingerprint density at radius 1 is 0.931 bits per heavy atom. The van der Waals surface area contributed by atoms with Crippen molar-refractivity contribution in [1.29, 1.82) is 0 Å². The highest BCUT2D eigenvalue weighted by molar-refractivity contribution is 7.26. The van der Waals surface area contributed by atoms with Crippen LogP contribution in [0.5, 0.6) is 5.75 Å². The third kappa shape index (κ3) is 4.88. The predicted molar refractivity (Wildman–Crippen MR) is 127 cm³/mol. The minimum absolute atomic E-state index is 0.644. The Morgan fingerprint density at radius 3 is 2.55 bits per heavy atom. The molecule has 0 saturated carbocycles. The standard InChI is InChI=1S/C25H27NOS2/c1-3-5-9-18(4-2)17-27-20-12-13-21-24(16-20)29-25(26-21)23-15-14-22(28-23)19-10-7-6-8-11-19/h6-8,10-16,18H,3-5,9,17H2,1-2H3. The van der Waals surface area contributed by atoms with Crippen LogP contribution in [0.15, 0.2) is 60.7 Å². The van der Waals surface area contributed by atoms with E-state index < -0.39 is 0 Å². The van der Waals surface area contributed by atoms with Crippen molar-refractivity contribution in [2.24, 2.45) is 5.92 Å². The lowest BCUT2D eigenvalue weighted by molar-refractivity contribution is 0.233. The molecule has 0 radical (unpaired) electrons. The third-order valence-corrected chi connectivity index (χ3v) is 7.59. The summed E-state index contributed by atoms with van der Waals surface area (Å²) in [5.74, 6) is 1.60. The van der Waals surface area contributed by atoms with E-state index in [4.69, 9.17) is 9.72 Å². The second-order valence-electron chi connectivity index (χ2n) is 7.41. The van der Waals surface area contributed by atoms with Crippen LogP contribution in [0.25, 0.3) is 30.5 Å². The van der Waals surface area contributed by atoms with Crippen LogP contribution in [-0.2, 0) is 0 Å². The second kappa shape index (κ2) is 9.55. The zero-order valence-electron chi connectivity index (χ0n) is 17.1. The van der Waals surface area contributed by atoms with E-state index in [0.29, 0.717) is 5.92 Å². The van der Waals surface area contributed by atoms with Gasteiger partial charge in [-0.1, -0.05) is 63.4 Å². The van der Waals surface area contributed by atoms with Gasteiger partial charge in [-0.15, -0.1) is 22.7 Å². The molecule has 0 fully saturated rings. The minimum Gasteiger partial charge on any atom is -0.493 e. The fourth-order valence-corrected chi connectivity index (χ4v) is 5.48. The van der Waals surface area contributed by atoms with Gasteiger partial charge < -0.3 is 4.74 Å². The first-order chi connectivity index (χ1) is 14.3. The average molecular weight is 422 g/mol. The molecule has 4 aromatic rings. The smallest absolute Gasteiger partial charge is 0.134 e. The van der Waals surface area contributed by atoms with Crippen molar-refractivity contribution in [3.63, 3.8) is 0 Å². The number of unbranched alkanes of at least 4 members (excludes halogenated alkanes) is 1. The predicted octanol–water partition coefficient (Wildman–Crippen LogP) is 8.29. The summed E-state index contributed by atoms with van der Waals surface area (Å²) in [5, 5.41) is 1.08. The maximum Gasteiger partial charge on any atom is 0.134 e. The van der Waals surface area contributed by atoms with Crippen LogP contribution < -0.4 is 4.74 Å². The Morgan fingerprint density at radius 2 is 1.76 bits per heavy atom. The fourth-order valence-electron chi connectivity index (χ4n) is 3.42. The molecule has 29 heavy (non-hydrogen) atoms. The lowest BCUT2D eigenvalue weighted by atomic mass is 10.0. The molecule has 0 saturated heterocycles. The zero-order chi connectivity index (χ0) is 20.1. The van der Waals surface area contributed by atoms with Crippen LogP contribution >= 0.6 is 22.7 Å². The molecule has 0 spiro atoms. The normalized spacial score (nSPS) is 12.3. The second-order valence-corrected chi connectivity index (χ2v) is 9.52. The Kier molecular flexibility index (Phi) is 6.63. The van der Waals surface area contributed by atoms with E-state index in [0.717, 1.165) is 22.9 Å². The van der Waals surface area contributed by atoms with Crippen molar-refractivity contribution in [2.75, 3.05) is 6.61 Å². The number of benzene rings is 2. The molecule has 0 bridgehead atoms. The van der Waals surface area contributed by atoms with Crippen molar-refractivity contribution in [1.82, 2.24) is 4.98 Å². The van der Waals surface area contributed by atoms with Crippen molar-refractivity contribution in [2.45, 2.75) is 39.5 Å². The van der Waals surface area contributed by atoms with E-state index in [1.54, 1.807) is 22.7 Å². The number of thiophene rings is 1. The number of rotatable bonds is 9. The molecule has 2 aromatic carbocycles. The van der Waals surface area contributed by atoms with E-state index >= 15 is 0 Å². The molecule has 0 N–H and O–H groups in total. The first-order valence-electron chi connectivity index (χ1n) is 10.5. The Balaban J connectivity index is 1.49. The highest BCUT2D eigenvalue weighted by atomic mass is 32.1. The lowest BCUT2D eigenvalue weighted by Crippen LogP contribution is -2.11. The van der Waals surface area contributed by atoms with E-state index in [-0.39, 0.29) is 0 Å². The molecular formula is C25H27NOS2. The van der Waals surface area contributed by atoms with Gasteiger partial charge in [0.05, 0.1) is 21.7 Å². The minimum atomic E-state index is 0.644. The summed E-state index contributed by atoms with van der Waals surface area (Å²) in [6.07, 6.45) is 4.96. The summed E-state index contributed by atoms with van der Waals surface area (Å²) in [6.45, 7) is 5.31. The summed E-state index contributed by atoms with van der Waals surface area (Å²) >= 11 is 3.55. The largest absolute Gasteiger partial charge is 0.493 e. The van der Waals surface area contributed by atoms with E-state index in [9.17, 15) is 0 Å². The molecule has 0 aliphatic rings. The molecule has 0 aliphatic heterocycles. The van der Waals surface area contributed by atoms with Crippen molar-refractivity contribution < 1.29 is 4.74 Å². The van der Waals surface area contributed by atoms with Gasteiger partial charge in [0.2, 0.25) is 0 Å². The maximum absolute atomic E-state index is 6.12. The first-order valence-corrected chi connectivity index (χ1v) is 12.1. The Hall–Kier alpha value is -2.17. The van der Waals surface area contributed by atoms with Gasteiger partial charge in [0.25, 0.3) is 0 Å². The van der Waals surface area contributed by atoms with Gasteiger partial charge in [-0.25, -0.2) is 4.98 Å². The Bertz CT molecular complexity index is 1050. The van der Waals surface area contributed by atoms with Crippen molar-refractivity contribution in [3.05, 3.63) is 60.7 Å². The van der Waals surface area contributed by atoms with Crippen LogP contribution in [0.1, 0.15) is 39.5 Å². The summed E-state index contributed by atoms with van der Waals surface area (Å²) in [5.41, 5.74) is 2.30. The number of aromatic nitrogens is 1. The van der Waals surface area contributed by atoms with Crippen LogP contribution in [0.4, 0.5) is 0 Å². The van der Waals surface area contributed by atoms with Gasteiger partial charge in [0.15, 0.2) is 0 Å². The van der Waals surface area contributed by atoms with Crippen molar-refractivity contribution in [3.8, 4) is 26.1 Å². The Labute approximate surface area is 181 Å². The molecule has 1 unspecified atom stereocenters. The third-order valence-electron chi connectivity index (χ3n) is 5.26. The summed E-state index contributed by atoms with van der Waals surface area (Å²) < 4.78 is 7.31. The SMILES string of the molecule is CCCCC(CC)COc1ccc2nc(-c3ccc(-c4ccccc4)s3)sc2c1. The molecule has 2 heterocycles. The highest BCUT2D eigenvalue weighted by Gasteiger charge is 2.12. The highest BCUT2D eigenvalue weighted by Crippen LogP contribution is 2.38. The number of ether oxygens (including phenoxy) is 1. The quantitative estimate of drug-likeness (QED) is 0.271. The van der Waals surface area contributed by atoms with Crippen LogP contribution in [0.3, 0.4) is 0 Å². The molecule has 4 heteroatoms. The number of thiazole rings is 1. The molecule has 0 aliphatic carbocycles. The van der Waals surface area contributed by atoms with Gasteiger partial charge in [-0.3, -0.25) is 0 Å². The topological polar surface area (TPSA) is 22.1 Å². The maximum atomic E-state index is 6.12. The number of hydrogen-bond donors (Lipinski definition) is 0. The van der Waals surface area contributed by atoms with E-state index in [2.05, 4.69) is 74.5 Å². The number of hydrogen-bond acceptors (Lipinski definition) is 4. The first kappa shape index (κ1) is 20.1. The molecule has 1 atom stereocenters. The zero-order valence-corrected chi connectivity index (χ0v) is 18.7. The average Bonchev–Trinajstić information content (AvgIpc) is 3.41. The lowest BCUT2D eigenvalue weighted by Gasteiger charge is -2.15. The fraction of sp³-hybridized carbons (Fsp3) is 0.320. The van der Waals surface area contributed by atoms with E-state index in [1.165, 1.54) is 45.7 Å². The molecule has 2 aromatic heterocycles. The van der Waals surface area contributed by atoms with Gasteiger partial charge >= 0.3 is 0 Å². The van der Waals surface area contributed by atoms with Gasteiger partial charge in [0, 0.05) is 4.88 Å². The van der Waals surface area contributed by atoms with Gasteiger partial charge in [0.1, 0.15) is 10.8 Å². The molecule has 150 valence electrons. The van der Waals surface area contributed by atoms with Gasteiger partial charge in [-0.2, -0.15) is 0 Å². The number of fused-ring (bicyclic) bond motifs is 1.